The summed E-state index contributed by atoms with van der Waals surface area (Å²) in [5.41, 5.74) is 8.62. The van der Waals surface area contributed by atoms with Gasteiger partial charge < -0.3 is 15.2 Å². The fraction of sp³-hybridized carbons (Fsp3) is 0.571. The Morgan fingerprint density at radius 3 is 2.47 bits per heavy atom. The van der Waals surface area contributed by atoms with Crippen molar-refractivity contribution in [3.8, 4) is 5.75 Å². The highest BCUT2D eigenvalue weighted by molar-refractivity contribution is 5.56. The molecule has 17 heavy (non-hydrogen) atoms. The third-order valence-corrected chi connectivity index (χ3v) is 3.15. The molecule has 0 unspecified atom stereocenters. The van der Waals surface area contributed by atoms with Crippen LogP contribution in [0.1, 0.15) is 31.4 Å². The van der Waals surface area contributed by atoms with E-state index in [0.29, 0.717) is 6.61 Å². The third-order valence-electron chi connectivity index (χ3n) is 3.15. The fourth-order valence-corrected chi connectivity index (χ4v) is 1.57. The van der Waals surface area contributed by atoms with E-state index in [1.165, 1.54) is 0 Å². The van der Waals surface area contributed by atoms with Gasteiger partial charge in [0, 0.05) is 24.8 Å². The molecule has 0 aliphatic carbocycles. The van der Waals surface area contributed by atoms with E-state index in [4.69, 9.17) is 15.2 Å². The van der Waals surface area contributed by atoms with Crippen LogP contribution in [0.5, 0.6) is 5.75 Å². The van der Waals surface area contributed by atoms with Crippen LogP contribution in [0, 0.1) is 13.8 Å². The monoisotopic (exact) mass is 237 g/mol. The van der Waals surface area contributed by atoms with Gasteiger partial charge in [0.05, 0.1) is 12.2 Å². The second-order valence-electron chi connectivity index (χ2n) is 4.99. The van der Waals surface area contributed by atoms with Crippen LogP contribution in [-0.4, -0.2) is 19.3 Å². The van der Waals surface area contributed by atoms with Crippen molar-refractivity contribution in [3.05, 3.63) is 23.3 Å². The van der Waals surface area contributed by atoms with Crippen molar-refractivity contribution < 1.29 is 9.47 Å². The van der Waals surface area contributed by atoms with Gasteiger partial charge in [-0.3, -0.25) is 0 Å². The Kier molecular flexibility index (Phi) is 4.40. The summed E-state index contributed by atoms with van der Waals surface area (Å²) in [6, 6.07) is 3.90. The van der Waals surface area contributed by atoms with E-state index in [9.17, 15) is 0 Å². The maximum atomic E-state index is 5.87. The van der Waals surface area contributed by atoms with Gasteiger partial charge in [-0.25, -0.2) is 0 Å². The van der Waals surface area contributed by atoms with Gasteiger partial charge in [-0.05, 0) is 39.3 Å². The molecule has 0 radical (unpaired) electrons. The van der Waals surface area contributed by atoms with Crippen LogP contribution in [0.2, 0.25) is 0 Å². The summed E-state index contributed by atoms with van der Waals surface area (Å²) in [7, 11) is 1.72. The summed E-state index contributed by atoms with van der Waals surface area (Å²) in [5, 5.41) is 0. The lowest BCUT2D eigenvalue weighted by Crippen LogP contribution is -2.25. The molecule has 1 aromatic rings. The Hall–Kier alpha value is -1.22. The summed E-state index contributed by atoms with van der Waals surface area (Å²) in [4.78, 5) is 0. The van der Waals surface area contributed by atoms with Gasteiger partial charge in [0.2, 0.25) is 0 Å². The van der Waals surface area contributed by atoms with Crippen LogP contribution in [0.25, 0.3) is 0 Å². The zero-order valence-electron chi connectivity index (χ0n) is 11.5. The number of benzene rings is 1. The highest BCUT2D eigenvalue weighted by atomic mass is 16.5. The zero-order valence-corrected chi connectivity index (χ0v) is 11.5. The molecule has 0 aromatic heterocycles. The first-order valence-corrected chi connectivity index (χ1v) is 5.91. The molecule has 0 amide bonds. The predicted molar refractivity (Wildman–Crippen MR) is 71.5 cm³/mol. The van der Waals surface area contributed by atoms with Crippen molar-refractivity contribution in [1.82, 2.24) is 0 Å². The molecule has 0 spiro atoms. The van der Waals surface area contributed by atoms with Gasteiger partial charge in [-0.1, -0.05) is 6.07 Å². The first-order chi connectivity index (χ1) is 7.87. The van der Waals surface area contributed by atoms with Gasteiger partial charge in [0.25, 0.3) is 0 Å². The molecule has 0 aliphatic heterocycles. The SMILES string of the molecule is COC(C)(C)CCOc1c(C)ccc(N)c1C. The average Bonchev–Trinajstić information content (AvgIpc) is 2.28. The summed E-state index contributed by atoms with van der Waals surface area (Å²) in [6.45, 7) is 8.75. The van der Waals surface area contributed by atoms with Gasteiger partial charge in [0.15, 0.2) is 0 Å². The molecule has 0 atom stereocenters. The van der Waals surface area contributed by atoms with Crippen molar-refractivity contribution in [2.24, 2.45) is 0 Å². The van der Waals surface area contributed by atoms with Crippen molar-refractivity contribution in [3.63, 3.8) is 0 Å². The van der Waals surface area contributed by atoms with E-state index in [1.54, 1.807) is 7.11 Å². The Bertz CT molecular complexity index is 386. The van der Waals surface area contributed by atoms with Crippen LogP contribution in [0.3, 0.4) is 0 Å². The third kappa shape index (κ3) is 3.63. The predicted octanol–water partition coefficient (Wildman–Crippen LogP) is 3.08. The first kappa shape index (κ1) is 13.8. The Labute approximate surface area is 104 Å². The number of anilines is 1. The van der Waals surface area contributed by atoms with Gasteiger partial charge >= 0.3 is 0 Å². The van der Waals surface area contributed by atoms with Crippen LogP contribution in [0.15, 0.2) is 12.1 Å². The number of hydrogen-bond acceptors (Lipinski definition) is 3. The van der Waals surface area contributed by atoms with E-state index in [1.807, 2.05) is 26.0 Å². The van der Waals surface area contributed by atoms with Gasteiger partial charge in [-0.15, -0.1) is 0 Å². The second-order valence-corrected chi connectivity index (χ2v) is 4.99. The standard InChI is InChI=1S/C14H23NO2/c1-10-6-7-12(15)11(2)13(10)17-9-8-14(3,4)16-5/h6-7H,8-9,15H2,1-5H3. The van der Waals surface area contributed by atoms with Crippen molar-refractivity contribution in [2.45, 2.75) is 39.7 Å². The maximum Gasteiger partial charge on any atom is 0.127 e. The molecule has 3 nitrogen and oxygen atoms in total. The van der Waals surface area contributed by atoms with E-state index < -0.39 is 0 Å². The molecule has 0 saturated heterocycles. The van der Waals surface area contributed by atoms with E-state index in [2.05, 4.69) is 13.8 Å². The normalized spacial score (nSPS) is 11.6. The van der Waals surface area contributed by atoms with Gasteiger partial charge in [0.1, 0.15) is 5.75 Å². The topological polar surface area (TPSA) is 44.5 Å². The summed E-state index contributed by atoms with van der Waals surface area (Å²) in [6.07, 6.45) is 0.844. The Morgan fingerprint density at radius 2 is 1.88 bits per heavy atom. The maximum absolute atomic E-state index is 5.87. The minimum atomic E-state index is -0.151. The Morgan fingerprint density at radius 1 is 1.24 bits per heavy atom. The molecule has 0 fully saturated rings. The molecule has 0 saturated carbocycles. The van der Waals surface area contributed by atoms with Crippen LogP contribution >= 0.6 is 0 Å². The number of rotatable bonds is 5. The molecular weight excluding hydrogens is 214 g/mol. The summed E-state index contributed by atoms with van der Waals surface area (Å²) < 4.78 is 11.2. The molecule has 0 heterocycles. The molecule has 0 aliphatic rings. The highest BCUT2D eigenvalue weighted by Gasteiger charge is 2.16. The number of ether oxygens (including phenoxy) is 2. The van der Waals surface area contributed by atoms with Crippen LogP contribution in [-0.2, 0) is 4.74 Å². The lowest BCUT2D eigenvalue weighted by molar-refractivity contribution is 0.00534. The number of methoxy groups -OCH3 is 1. The smallest absolute Gasteiger partial charge is 0.127 e. The fourth-order valence-electron chi connectivity index (χ4n) is 1.57. The number of nitrogen functional groups attached to an aromatic ring is 1. The van der Waals surface area contributed by atoms with Crippen LogP contribution in [0.4, 0.5) is 5.69 Å². The van der Waals surface area contributed by atoms with Crippen molar-refractivity contribution in [2.75, 3.05) is 19.5 Å². The molecule has 0 bridgehead atoms. The molecule has 3 heteroatoms. The zero-order chi connectivity index (χ0) is 13.1. The van der Waals surface area contributed by atoms with E-state index >= 15 is 0 Å². The number of aryl methyl sites for hydroxylation is 1. The number of nitrogens with two attached hydrogens (primary N) is 1. The van der Waals surface area contributed by atoms with E-state index in [0.717, 1.165) is 29.0 Å². The Balaban J connectivity index is 2.67. The second kappa shape index (κ2) is 5.41. The van der Waals surface area contributed by atoms with E-state index in [-0.39, 0.29) is 5.60 Å². The average molecular weight is 237 g/mol. The van der Waals surface area contributed by atoms with Crippen molar-refractivity contribution in [1.29, 1.82) is 0 Å². The molecule has 96 valence electrons. The molecular formula is C14H23NO2. The summed E-state index contributed by atoms with van der Waals surface area (Å²) in [5.74, 6) is 0.900. The summed E-state index contributed by atoms with van der Waals surface area (Å²) >= 11 is 0. The lowest BCUT2D eigenvalue weighted by Gasteiger charge is -2.23. The molecule has 1 rings (SSSR count). The first-order valence-electron chi connectivity index (χ1n) is 5.91. The van der Waals surface area contributed by atoms with Crippen molar-refractivity contribution >= 4 is 5.69 Å². The highest BCUT2D eigenvalue weighted by Crippen LogP contribution is 2.28. The largest absolute Gasteiger partial charge is 0.493 e. The quantitative estimate of drug-likeness (QED) is 0.800. The van der Waals surface area contributed by atoms with Gasteiger partial charge in [-0.2, -0.15) is 0 Å². The number of hydrogen-bond donors (Lipinski definition) is 1. The molecule has 2 N–H and O–H groups in total. The molecule has 1 aromatic carbocycles. The minimum Gasteiger partial charge on any atom is -0.493 e. The van der Waals surface area contributed by atoms with Crippen LogP contribution < -0.4 is 10.5 Å². The minimum absolute atomic E-state index is 0.151. The lowest BCUT2D eigenvalue weighted by atomic mass is 10.1.